The van der Waals surface area contributed by atoms with Crippen LogP contribution in [0, 0.1) is 11.6 Å². The second-order valence-electron chi connectivity index (χ2n) is 4.78. The monoisotopic (exact) mass is 287 g/mol. The van der Waals surface area contributed by atoms with Gasteiger partial charge in [-0.25, -0.2) is 8.78 Å². The first-order valence-electron chi connectivity index (χ1n) is 6.84. The Morgan fingerprint density at radius 1 is 1.05 bits per heavy atom. The highest BCUT2D eigenvalue weighted by atomic mass is 19.2. The molecule has 0 aliphatic heterocycles. The highest BCUT2D eigenvalue weighted by molar-refractivity contribution is 5.86. The van der Waals surface area contributed by atoms with Crippen LogP contribution in [0.3, 0.4) is 0 Å². The summed E-state index contributed by atoms with van der Waals surface area (Å²) < 4.78 is 34.5. The van der Waals surface area contributed by atoms with Crippen LogP contribution in [-0.2, 0) is 6.54 Å². The summed E-state index contributed by atoms with van der Waals surface area (Å²) in [6.07, 6.45) is 1.86. The summed E-state index contributed by atoms with van der Waals surface area (Å²) in [4.78, 5) is 0. The number of fused-ring (bicyclic) bond motifs is 1. The molecule has 0 spiro atoms. The minimum Gasteiger partial charge on any atom is -0.493 e. The lowest BCUT2D eigenvalue weighted by Crippen LogP contribution is -2.02. The zero-order valence-electron chi connectivity index (χ0n) is 11.6. The topological polar surface area (TPSA) is 14.2 Å². The molecule has 0 radical (unpaired) electrons. The van der Waals surface area contributed by atoms with E-state index in [9.17, 15) is 8.78 Å². The average molecular weight is 287 g/mol. The zero-order chi connectivity index (χ0) is 14.8. The van der Waals surface area contributed by atoms with Gasteiger partial charge in [-0.2, -0.15) is 0 Å². The van der Waals surface area contributed by atoms with E-state index in [0.717, 1.165) is 22.7 Å². The van der Waals surface area contributed by atoms with E-state index in [4.69, 9.17) is 4.74 Å². The van der Waals surface area contributed by atoms with Crippen LogP contribution in [0.4, 0.5) is 8.78 Å². The molecule has 4 heteroatoms. The fourth-order valence-corrected chi connectivity index (χ4v) is 2.47. The summed E-state index contributed by atoms with van der Waals surface area (Å²) in [6, 6.07) is 11.9. The highest BCUT2D eigenvalue weighted by Gasteiger charge is 2.11. The van der Waals surface area contributed by atoms with Crippen molar-refractivity contribution in [2.75, 3.05) is 6.61 Å². The van der Waals surface area contributed by atoms with Crippen molar-refractivity contribution in [2.45, 2.75) is 13.5 Å². The summed E-state index contributed by atoms with van der Waals surface area (Å²) in [5.74, 6) is -0.812. The van der Waals surface area contributed by atoms with E-state index in [1.165, 1.54) is 6.07 Å². The number of halogens is 2. The van der Waals surface area contributed by atoms with Gasteiger partial charge in [-0.1, -0.05) is 18.2 Å². The van der Waals surface area contributed by atoms with Gasteiger partial charge < -0.3 is 9.30 Å². The lowest BCUT2D eigenvalue weighted by atomic mass is 10.2. The van der Waals surface area contributed by atoms with E-state index >= 15 is 0 Å². The number of aromatic nitrogens is 1. The maximum Gasteiger partial charge on any atom is 0.163 e. The van der Waals surface area contributed by atoms with Gasteiger partial charge in [0.15, 0.2) is 11.6 Å². The van der Waals surface area contributed by atoms with Crippen molar-refractivity contribution in [3.05, 3.63) is 65.9 Å². The maximum absolute atomic E-state index is 13.8. The first-order chi connectivity index (χ1) is 10.2. The van der Waals surface area contributed by atoms with E-state index < -0.39 is 11.6 Å². The van der Waals surface area contributed by atoms with Crippen molar-refractivity contribution in [1.29, 1.82) is 0 Å². The molecule has 108 valence electrons. The Bertz CT molecular complexity index is 780. The van der Waals surface area contributed by atoms with Crippen LogP contribution >= 0.6 is 0 Å². The minimum atomic E-state index is -0.820. The Morgan fingerprint density at radius 3 is 2.67 bits per heavy atom. The quantitative estimate of drug-likeness (QED) is 0.695. The fraction of sp³-hybridized carbons (Fsp3) is 0.176. The minimum absolute atomic E-state index is 0.280. The molecule has 1 heterocycles. The molecule has 3 aromatic rings. The van der Waals surface area contributed by atoms with Crippen molar-refractivity contribution in [2.24, 2.45) is 0 Å². The molecule has 0 bridgehead atoms. The zero-order valence-corrected chi connectivity index (χ0v) is 11.6. The number of rotatable bonds is 4. The molecule has 0 aliphatic rings. The third-order valence-electron chi connectivity index (χ3n) is 3.45. The molecule has 3 rings (SSSR count). The van der Waals surface area contributed by atoms with Gasteiger partial charge in [-0.15, -0.1) is 0 Å². The molecule has 1 aromatic heterocycles. The maximum atomic E-state index is 13.8. The first-order valence-corrected chi connectivity index (χ1v) is 6.84. The molecule has 0 atom stereocenters. The van der Waals surface area contributed by atoms with Crippen LogP contribution in [0.2, 0.25) is 0 Å². The third kappa shape index (κ3) is 2.49. The number of hydrogen-bond acceptors (Lipinski definition) is 1. The molecule has 0 aliphatic carbocycles. The van der Waals surface area contributed by atoms with Gasteiger partial charge in [0.25, 0.3) is 0 Å². The van der Waals surface area contributed by atoms with Crippen molar-refractivity contribution >= 4 is 10.9 Å². The number of ether oxygens (including phenoxy) is 1. The largest absolute Gasteiger partial charge is 0.493 e. The molecule has 0 saturated carbocycles. The highest BCUT2D eigenvalue weighted by Crippen LogP contribution is 2.27. The Balaban J connectivity index is 2.02. The summed E-state index contributed by atoms with van der Waals surface area (Å²) in [5.41, 5.74) is 1.26. The SMILES string of the molecule is CCOc1cccc2c1ccn2Cc1cccc(F)c1F. The predicted molar refractivity (Wildman–Crippen MR) is 78.6 cm³/mol. The molecule has 21 heavy (non-hydrogen) atoms. The smallest absolute Gasteiger partial charge is 0.163 e. The van der Waals surface area contributed by atoms with Crippen LogP contribution in [0.5, 0.6) is 5.75 Å². The Morgan fingerprint density at radius 2 is 1.86 bits per heavy atom. The van der Waals surface area contributed by atoms with Crippen LogP contribution in [0.25, 0.3) is 10.9 Å². The molecular formula is C17H15F2NO. The van der Waals surface area contributed by atoms with Crippen LogP contribution < -0.4 is 4.74 Å². The molecule has 0 fully saturated rings. The number of nitrogens with zero attached hydrogens (tertiary/aromatic N) is 1. The van der Waals surface area contributed by atoms with E-state index in [1.807, 2.05) is 42.0 Å². The normalized spacial score (nSPS) is 11.0. The van der Waals surface area contributed by atoms with Gasteiger partial charge in [0, 0.05) is 17.1 Å². The molecule has 0 amide bonds. The van der Waals surface area contributed by atoms with Crippen LogP contribution in [-0.4, -0.2) is 11.2 Å². The van der Waals surface area contributed by atoms with E-state index in [0.29, 0.717) is 12.2 Å². The van der Waals surface area contributed by atoms with E-state index in [1.54, 1.807) is 6.07 Å². The second-order valence-corrected chi connectivity index (χ2v) is 4.78. The standard InChI is InChI=1S/C17H15F2NO/c1-2-21-16-8-4-7-15-13(16)9-10-20(15)11-12-5-3-6-14(18)17(12)19/h3-10H,2,11H2,1H3. The van der Waals surface area contributed by atoms with Gasteiger partial charge in [0.05, 0.1) is 18.7 Å². The molecule has 2 nitrogen and oxygen atoms in total. The molecular weight excluding hydrogens is 272 g/mol. The van der Waals surface area contributed by atoms with Crippen molar-refractivity contribution in [1.82, 2.24) is 4.57 Å². The van der Waals surface area contributed by atoms with E-state index in [2.05, 4.69) is 0 Å². The summed E-state index contributed by atoms with van der Waals surface area (Å²) in [6.45, 7) is 2.80. The lowest BCUT2D eigenvalue weighted by molar-refractivity contribution is 0.344. The molecule has 0 N–H and O–H groups in total. The van der Waals surface area contributed by atoms with Gasteiger partial charge in [-0.05, 0) is 31.2 Å². The Kier molecular flexibility index (Phi) is 3.60. The third-order valence-corrected chi connectivity index (χ3v) is 3.45. The molecule has 0 saturated heterocycles. The van der Waals surface area contributed by atoms with Crippen molar-refractivity contribution in [3.63, 3.8) is 0 Å². The number of benzene rings is 2. The summed E-state index contributed by atoms with van der Waals surface area (Å²) in [7, 11) is 0. The average Bonchev–Trinajstić information content (AvgIpc) is 2.89. The Labute approximate surface area is 121 Å². The van der Waals surface area contributed by atoms with Crippen LogP contribution in [0.15, 0.2) is 48.7 Å². The fourth-order valence-electron chi connectivity index (χ4n) is 2.47. The molecule has 0 unspecified atom stereocenters. The Hall–Kier alpha value is -2.36. The van der Waals surface area contributed by atoms with Gasteiger partial charge in [-0.3, -0.25) is 0 Å². The van der Waals surface area contributed by atoms with Crippen LogP contribution in [0.1, 0.15) is 12.5 Å². The lowest BCUT2D eigenvalue weighted by Gasteiger charge is -2.09. The first kappa shape index (κ1) is 13.6. The predicted octanol–water partition coefficient (Wildman–Crippen LogP) is 4.37. The van der Waals surface area contributed by atoms with Gasteiger partial charge in [0.1, 0.15) is 5.75 Å². The van der Waals surface area contributed by atoms with Gasteiger partial charge >= 0.3 is 0 Å². The second kappa shape index (κ2) is 5.56. The number of hydrogen-bond donors (Lipinski definition) is 0. The molecule has 2 aromatic carbocycles. The van der Waals surface area contributed by atoms with Crippen molar-refractivity contribution < 1.29 is 13.5 Å². The summed E-state index contributed by atoms with van der Waals surface area (Å²) in [5, 5.41) is 0.969. The van der Waals surface area contributed by atoms with E-state index in [-0.39, 0.29) is 6.54 Å². The summed E-state index contributed by atoms with van der Waals surface area (Å²) >= 11 is 0. The van der Waals surface area contributed by atoms with Gasteiger partial charge in [0.2, 0.25) is 0 Å². The van der Waals surface area contributed by atoms with Crippen molar-refractivity contribution in [3.8, 4) is 5.75 Å².